The molecule has 134 valence electrons. The topological polar surface area (TPSA) is 42.0 Å². The van der Waals surface area contributed by atoms with Crippen LogP contribution in [0.1, 0.15) is 28.8 Å². The summed E-state index contributed by atoms with van der Waals surface area (Å²) in [5.41, 5.74) is 2.69. The summed E-state index contributed by atoms with van der Waals surface area (Å²) >= 11 is 6.53. The fourth-order valence-corrected chi connectivity index (χ4v) is 4.24. The van der Waals surface area contributed by atoms with Gasteiger partial charge in [0.1, 0.15) is 0 Å². The van der Waals surface area contributed by atoms with Crippen LogP contribution >= 0.6 is 11.6 Å². The quantitative estimate of drug-likeness (QED) is 0.808. The van der Waals surface area contributed by atoms with E-state index in [0.717, 1.165) is 42.0 Å². The van der Waals surface area contributed by atoms with Gasteiger partial charge in [-0.25, -0.2) is 0 Å². The zero-order chi connectivity index (χ0) is 17.9. The van der Waals surface area contributed by atoms with Gasteiger partial charge in [-0.3, -0.25) is 4.79 Å². The highest BCUT2D eigenvalue weighted by Gasteiger charge is 2.52. The Kier molecular flexibility index (Phi) is 3.38. The molecule has 2 heterocycles. The zero-order valence-electron chi connectivity index (χ0n) is 14.5. The summed E-state index contributed by atoms with van der Waals surface area (Å²) in [7, 11) is 1.89. The Morgan fingerprint density at radius 1 is 1.15 bits per heavy atom. The molecule has 0 radical (unpaired) electrons. The maximum Gasteiger partial charge on any atom is 0.255 e. The highest BCUT2D eigenvalue weighted by atomic mass is 35.5. The van der Waals surface area contributed by atoms with Crippen LogP contribution in [0.2, 0.25) is 5.02 Å². The first-order valence-electron chi connectivity index (χ1n) is 8.78. The molecule has 0 atom stereocenters. The van der Waals surface area contributed by atoms with Gasteiger partial charge in [-0.1, -0.05) is 23.7 Å². The van der Waals surface area contributed by atoms with E-state index in [4.69, 9.17) is 21.1 Å². The van der Waals surface area contributed by atoms with Gasteiger partial charge < -0.3 is 19.3 Å². The van der Waals surface area contributed by atoms with Crippen molar-refractivity contribution in [3.05, 3.63) is 52.5 Å². The zero-order valence-corrected chi connectivity index (χ0v) is 15.3. The van der Waals surface area contributed by atoms with Crippen LogP contribution in [0.25, 0.3) is 0 Å². The van der Waals surface area contributed by atoms with E-state index < -0.39 is 0 Å². The summed E-state index contributed by atoms with van der Waals surface area (Å²) in [5, 5.41) is 0.659. The Morgan fingerprint density at radius 3 is 2.65 bits per heavy atom. The number of ether oxygens (including phenoxy) is 2. The fourth-order valence-electron chi connectivity index (χ4n) is 4.03. The number of amides is 1. The lowest BCUT2D eigenvalue weighted by molar-refractivity contribution is 0.0790. The second-order valence-corrected chi connectivity index (χ2v) is 7.69. The summed E-state index contributed by atoms with van der Waals surface area (Å²) in [6.07, 6.45) is 2.14. The number of rotatable bonds is 2. The van der Waals surface area contributed by atoms with E-state index in [9.17, 15) is 4.79 Å². The molecule has 0 unspecified atom stereocenters. The minimum atomic E-state index is -0.0171. The molecular weight excluding hydrogens is 352 g/mol. The number of fused-ring (bicyclic) bond motifs is 2. The third-order valence-corrected chi connectivity index (χ3v) is 5.93. The van der Waals surface area contributed by atoms with E-state index in [1.165, 1.54) is 0 Å². The molecule has 1 spiro atoms. The second kappa shape index (κ2) is 5.55. The van der Waals surface area contributed by atoms with Crippen LogP contribution in [0.4, 0.5) is 5.69 Å². The smallest absolute Gasteiger partial charge is 0.255 e. The molecule has 0 aromatic heterocycles. The van der Waals surface area contributed by atoms with Crippen LogP contribution in [0.15, 0.2) is 36.4 Å². The Morgan fingerprint density at radius 2 is 1.88 bits per heavy atom. The first-order valence-corrected chi connectivity index (χ1v) is 9.15. The summed E-state index contributed by atoms with van der Waals surface area (Å²) in [6.45, 7) is 1.58. The molecule has 1 saturated carbocycles. The number of nitrogens with zero attached hydrogens (tertiary/aromatic N) is 2. The van der Waals surface area contributed by atoms with Gasteiger partial charge in [-0.05, 0) is 36.6 Å². The van der Waals surface area contributed by atoms with E-state index in [-0.39, 0.29) is 18.2 Å². The van der Waals surface area contributed by atoms with Crippen LogP contribution in [0, 0.1) is 0 Å². The van der Waals surface area contributed by atoms with Crippen LogP contribution in [-0.4, -0.2) is 36.7 Å². The average molecular weight is 371 g/mol. The molecule has 1 fully saturated rings. The van der Waals surface area contributed by atoms with Crippen LogP contribution in [-0.2, 0) is 6.54 Å². The molecule has 1 aliphatic carbocycles. The predicted octanol–water partition coefficient (Wildman–Crippen LogP) is 3.69. The molecule has 2 aliphatic heterocycles. The predicted molar refractivity (Wildman–Crippen MR) is 99.1 cm³/mol. The second-order valence-electron chi connectivity index (χ2n) is 7.29. The van der Waals surface area contributed by atoms with Gasteiger partial charge in [0.05, 0.1) is 16.8 Å². The van der Waals surface area contributed by atoms with Crippen LogP contribution in [0.3, 0.4) is 0 Å². The van der Waals surface area contributed by atoms with E-state index >= 15 is 0 Å². The van der Waals surface area contributed by atoms with Crippen molar-refractivity contribution in [1.29, 1.82) is 0 Å². The summed E-state index contributed by atoms with van der Waals surface area (Å²) in [5.74, 6) is 1.49. The molecule has 6 heteroatoms. The Labute approximate surface area is 157 Å². The van der Waals surface area contributed by atoms with E-state index in [1.807, 2.05) is 48.3 Å². The number of likely N-dealkylation sites (N-methyl/N-ethyl adjacent to an activating group) is 1. The van der Waals surface area contributed by atoms with E-state index in [1.54, 1.807) is 0 Å². The average Bonchev–Trinajstić information content (AvgIpc) is 3.28. The van der Waals surface area contributed by atoms with Crippen molar-refractivity contribution in [2.75, 3.05) is 25.3 Å². The maximum absolute atomic E-state index is 12.8. The van der Waals surface area contributed by atoms with E-state index in [2.05, 4.69) is 4.90 Å². The fraction of sp³-hybridized carbons (Fsp3) is 0.350. The number of benzene rings is 2. The molecule has 0 saturated heterocycles. The Bertz CT molecular complexity index is 910. The standard InChI is InChI=1S/C20H19ClN2O3/c1-22-11-20(6-7-20)23(16-5-3-2-4-14(16)19(22)24)10-13-8-17-18(9-15(13)21)26-12-25-17/h2-5,8-9H,6-7,10-12H2,1H3. The van der Waals surface area contributed by atoms with Crippen molar-refractivity contribution >= 4 is 23.2 Å². The number of hydrogen-bond donors (Lipinski definition) is 0. The molecule has 1 amide bonds. The van der Waals surface area contributed by atoms with Gasteiger partial charge in [0, 0.05) is 31.2 Å². The number of carbonyl (C=O) groups excluding carboxylic acids is 1. The number of carbonyl (C=O) groups is 1. The lowest BCUT2D eigenvalue weighted by atomic mass is 10.1. The lowest BCUT2D eigenvalue weighted by Gasteiger charge is -2.34. The van der Waals surface area contributed by atoms with Crippen molar-refractivity contribution in [2.45, 2.75) is 24.9 Å². The molecular formula is C20H19ClN2O3. The highest BCUT2D eigenvalue weighted by Crippen LogP contribution is 2.49. The summed E-state index contributed by atoms with van der Waals surface area (Å²) in [6, 6.07) is 11.6. The van der Waals surface area contributed by atoms with Crippen molar-refractivity contribution in [2.24, 2.45) is 0 Å². The molecule has 0 N–H and O–H groups in total. The normalized spacial score (nSPS) is 19.5. The van der Waals surface area contributed by atoms with Crippen molar-refractivity contribution in [1.82, 2.24) is 4.90 Å². The maximum atomic E-state index is 12.8. The van der Waals surface area contributed by atoms with Gasteiger partial charge in [-0.2, -0.15) is 0 Å². The minimum Gasteiger partial charge on any atom is -0.454 e. The number of para-hydroxylation sites is 1. The van der Waals surface area contributed by atoms with Crippen molar-refractivity contribution in [3.63, 3.8) is 0 Å². The largest absolute Gasteiger partial charge is 0.454 e. The van der Waals surface area contributed by atoms with Gasteiger partial charge in [-0.15, -0.1) is 0 Å². The molecule has 5 rings (SSSR count). The first kappa shape index (κ1) is 15.8. The Balaban J connectivity index is 1.59. The monoisotopic (exact) mass is 370 g/mol. The molecule has 2 aromatic carbocycles. The van der Waals surface area contributed by atoms with Crippen LogP contribution < -0.4 is 14.4 Å². The van der Waals surface area contributed by atoms with Crippen molar-refractivity contribution < 1.29 is 14.3 Å². The number of hydrogen-bond acceptors (Lipinski definition) is 4. The lowest BCUT2D eigenvalue weighted by Crippen LogP contribution is -2.43. The molecule has 26 heavy (non-hydrogen) atoms. The van der Waals surface area contributed by atoms with Gasteiger partial charge in [0.25, 0.3) is 5.91 Å². The first-order chi connectivity index (χ1) is 12.6. The third kappa shape index (κ3) is 2.34. The van der Waals surface area contributed by atoms with E-state index in [0.29, 0.717) is 17.3 Å². The molecule has 5 nitrogen and oxygen atoms in total. The molecule has 0 bridgehead atoms. The van der Waals surface area contributed by atoms with Gasteiger partial charge >= 0.3 is 0 Å². The molecule has 2 aromatic rings. The minimum absolute atomic E-state index is 0.0171. The number of halogens is 1. The third-order valence-electron chi connectivity index (χ3n) is 5.57. The summed E-state index contributed by atoms with van der Waals surface area (Å²) < 4.78 is 10.9. The summed E-state index contributed by atoms with van der Waals surface area (Å²) in [4.78, 5) is 17.0. The number of anilines is 1. The van der Waals surface area contributed by atoms with Crippen molar-refractivity contribution in [3.8, 4) is 11.5 Å². The van der Waals surface area contributed by atoms with Gasteiger partial charge in [0.2, 0.25) is 6.79 Å². The molecule has 3 aliphatic rings. The Hall–Kier alpha value is -2.40. The van der Waals surface area contributed by atoms with Gasteiger partial charge in [0.15, 0.2) is 11.5 Å². The van der Waals surface area contributed by atoms with Crippen LogP contribution in [0.5, 0.6) is 11.5 Å². The highest BCUT2D eigenvalue weighted by molar-refractivity contribution is 6.31. The SMILES string of the molecule is CN1CC2(CC2)N(Cc2cc3c(cc2Cl)OCO3)c2ccccc2C1=O.